The first-order valence-electron chi connectivity index (χ1n) is 6.29. The van der Waals surface area contributed by atoms with Gasteiger partial charge in [-0.1, -0.05) is 31.5 Å². The van der Waals surface area contributed by atoms with E-state index >= 15 is 0 Å². The molecule has 0 saturated heterocycles. The molecule has 1 aliphatic carbocycles. The van der Waals surface area contributed by atoms with Crippen LogP contribution in [0.25, 0.3) is 0 Å². The van der Waals surface area contributed by atoms with Crippen molar-refractivity contribution in [3.05, 3.63) is 30.3 Å². The van der Waals surface area contributed by atoms with Gasteiger partial charge in [-0.25, -0.2) is 0 Å². The lowest BCUT2D eigenvalue weighted by Crippen LogP contribution is -2.48. The summed E-state index contributed by atoms with van der Waals surface area (Å²) < 4.78 is 0. The number of rotatable bonds is 4. The van der Waals surface area contributed by atoms with Crippen LogP contribution in [-0.2, 0) is 4.79 Å². The molecule has 2 atom stereocenters. The molecule has 1 aromatic carbocycles. The predicted molar refractivity (Wildman–Crippen MR) is 69.6 cm³/mol. The van der Waals surface area contributed by atoms with E-state index in [2.05, 4.69) is 12.2 Å². The predicted octanol–water partition coefficient (Wildman–Crippen LogP) is 2.53. The van der Waals surface area contributed by atoms with Crippen LogP contribution in [0.4, 0.5) is 5.69 Å². The first kappa shape index (κ1) is 12.0. The van der Waals surface area contributed by atoms with E-state index in [0.717, 1.165) is 31.4 Å². The number of nitrogens with two attached hydrogens (primary N) is 1. The number of anilines is 1. The Bertz CT molecular complexity index is 390. The highest BCUT2D eigenvalue weighted by Crippen LogP contribution is 2.38. The van der Waals surface area contributed by atoms with Gasteiger partial charge in [0.25, 0.3) is 0 Å². The summed E-state index contributed by atoms with van der Waals surface area (Å²) in [6, 6.07) is 9.84. The molecule has 3 N–H and O–H groups in total. The number of primary amides is 1. The number of nitrogens with one attached hydrogen (secondary N) is 1. The fourth-order valence-corrected chi connectivity index (χ4v) is 2.69. The molecular formula is C14H20N2O. The summed E-state index contributed by atoms with van der Waals surface area (Å²) in [5.41, 5.74) is 6.03. The van der Waals surface area contributed by atoms with Crippen LogP contribution in [0.1, 0.15) is 32.6 Å². The molecule has 2 rings (SSSR count). The van der Waals surface area contributed by atoms with Gasteiger partial charge in [-0.2, -0.15) is 0 Å². The van der Waals surface area contributed by atoms with E-state index in [-0.39, 0.29) is 5.91 Å². The molecule has 0 aliphatic heterocycles. The van der Waals surface area contributed by atoms with Crippen molar-refractivity contribution in [2.24, 2.45) is 11.7 Å². The molecule has 0 aromatic heterocycles. The van der Waals surface area contributed by atoms with Gasteiger partial charge in [0, 0.05) is 5.69 Å². The highest BCUT2D eigenvalue weighted by atomic mass is 16.1. The lowest BCUT2D eigenvalue weighted by atomic mass is 9.93. The maximum atomic E-state index is 11.7. The first-order valence-corrected chi connectivity index (χ1v) is 6.29. The molecule has 1 aliphatic rings. The van der Waals surface area contributed by atoms with Crippen LogP contribution in [0, 0.1) is 5.92 Å². The minimum Gasteiger partial charge on any atom is -0.371 e. The van der Waals surface area contributed by atoms with Gasteiger partial charge >= 0.3 is 0 Å². The third-order valence-corrected chi connectivity index (χ3v) is 3.82. The first-order chi connectivity index (χ1) is 8.16. The van der Waals surface area contributed by atoms with Gasteiger partial charge in [0.15, 0.2) is 0 Å². The normalized spacial score (nSPS) is 27.9. The summed E-state index contributed by atoms with van der Waals surface area (Å²) in [7, 11) is 0. The monoisotopic (exact) mass is 232 g/mol. The molecule has 17 heavy (non-hydrogen) atoms. The third-order valence-electron chi connectivity index (χ3n) is 3.82. The average molecular weight is 232 g/mol. The minimum atomic E-state index is -0.540. The van der Waals surface area contributed by atoms with Crippen molar-refractivity contribution >= 4 is 11.6 Å². The number of hydrogen-bond acceptors (Lipinski definition) is 2. The van der Waals surface area contributed by atoms with Crippen molar-refractivity contribution in [1.82, 2.24) is 0 Å². The Morgan fingerprint density at radius 2 is 2.18 bits per heavy atom. The van der Waals surface area contributed by atoms with Crippen LogP contribution in [0.2, 0.25) is 0 Å². The number of benzene rings is 1. The van der Waals surface area contributed by atoms with E-state index in [4.69, 9.17) is 5.73 Å². The van der Waals surface area contributed by atoms with Gasteiger partial charge in [-0.3, -0.25) is 4.79 Å². The zero-order chi connectivity index (χ0) is 12.3. The average Bonchev–Trinajstić information content (AvgIpc) is 2.75. The zero-order valence-electron chi connectivity index (χ0n) is 10.3. The van der Waals surface area contributed by atoms with E-state index in [1.54, 1.807) is 0 Å². The maximum Gasteiger partial charge on any atom is 0.243 e. The van der Waals surface area contributed by atoms with E-state index in [1.165, 1.54) is 0 Å². The second kappa shape index (κ2) is 4.78. The molecule has 3 nitrogen and oxygen atoms in total. The molecule has 1 amide bonds. The van der Waals surface area contributed by atoms with Gasteiger partial charge in [0.1, 0.15) is 5.54 Å². The van der Waals surface area contributed by atoms with E-state index < -0.39 is 5.54 Å². The second-order valence-corrected chi connectivity index (χ2v) is 4.95. The Labute approximate surface area is 102 Å². The molecule has 2 unspecified atom stereocenters. The molecule has 92 valence electrons. The second-order valence-electron chi connectivity index (χ2n) is 4.95. The van der Waals surface area contributed by atoms with Crippen molar-refractivity contribution in [2.45, 2.75) is 38.1 Å². The van der Waals surface area contributed by atoms with Crippen molar-refractivity contribution in [3.8, 4) is 0 Å². The van der Waals surface area contributed by atoms with E-state index in [0.29, 0.717) is 5.92 Å². The highest BCUT2D eigenvalue weighted by Gasteiger charge is 2.43. The number of hydrogen-bond donors (Lipinski definition) is 2. The topological polar surface area (TPSA) is 55.1 Å². The molecule has 0 bridgehead atoms. The van der Waals surface area contributed by atoms with Crippen LogP contribution in [0.3, 0.4) is 0 Å². The fourth-order valence-electron chi connectivity index (χ4n) is 2.69. The zero-order valence-corrected chi connectivity index (χ0v) is 10.3. The lowest BCUT2D eigenvalue weighted by Gasteiger charge is -2.28. The summed E-state index contributed by atoms with van der Waals surface area (Å²) in [5, 5.41) is 3.34. The molecule has 3 heteroatoms. The standard InChI is InChI=1S/C14H20N2O/c1-2-11-8-9-14(10-11,13(15)17)16-12-6-4-3-5-7-12/h3-7,11,16H,2,8-10H2,1H3,(H2,15,17). The largest absolute Gasteiger partial charge is 0.371 e. The van der Waals surface area contributed by atoms with Crippen LogP contribution >= 0.6 is 0 Å². The summed E-state index contributed by atoms with van der Waals surface area (Å²) in [6.07, 6.45) is 3.90. The summed E-state index contributed by atoms with van der Waals surface area (Å²) in [4.78, 5) is 11.7. The van der Waals surface area contributed by atoms with Crippen molar-refractivity contribution in [1.29, 1.82) is 0 Å². The summed E-state index contributed by atoms with van der Waals surface area (Å²) in [5.74, 6) is 0.385. The van der Waals surface area contributed by atoms with Gasteiger partial charge < -0.3 is 11.1 Å². The van der Waals surface area contributed by atoms with Crippen molar-refractivity contribution < 1.29 is 4.79 Å². The molecule has 0 radical (unpaired) electrons. The Hall–Kier alpha value is -1.51. The summed E-state index contributed by atoms with van der Waals surface area (Å²) >= 11 is 0. The molecule has 1 saturated carbocycles. The minimum absolute atomic E-state index is 0.225. The Morgan fingerprint density at radius 3 is 2.71 bits per heavy atom. The molecule has 1 fully saturated rings. The Morgan fingerprint density at radius 1 is 1.47 bits per heavy atom. The van der Waals surface area contributed by atoms with Gasteiger partial charge in [0.05, 0.1) is 0 Å². The number of carbonyl (C=O) groups is 1. The van der Waals surface area contributed by atoms with Crippen LogP contribution in [0.15, 0.2) is 30.3 Å². The van der Waals surface area contributed by atoms with Gasteiger partial charge in [-0.15, -0.1) is 0 Å². The van der Waals surface area contributed by atoms with Crippen molar-refractivity contribution in [2.75, 3.05) is 5.32 Å². The molecule has 1 aromatic rings. The van der Waals surface area contributed by atoms with E-state index in [9.17, 15) is 4.79 Å². The van der Waals surface area contributed by atoms with Gasteiger partial charge in [-0.05, 0) is 37.3 Å². The fraction of sp³-hybridized carbons (Fsp3) is 0.500. The molecule has 0 spiro atoms. The van der Waals surface area contributed by atoms with Crippen LogP contribution in [-0.4, -0.2) is 11.4 Å². The SMILES string of the molecule is CCC1CCC(Nc2ccccc2)(C(N)=O)C1. The quantitative estimate of drug-likeness (QED) is 0.838. The number of carbonyl (C=O) groups excluding carboxylic acids is 1. The summed E-state index contributed by atoms with van der Waals surface area (Å²) in [6.45, 7) is 2.17. The number of amides is 1. The molecular weight excluding hydrogens is 212 g/mol. The van der Waals surface area contributed by atoms with Crippen LogP contribution in [0.5, 0.6) is 0 Å². The Balaban J connectivity index is 2.17. The smallest absolute Gasteiger partial charge is 0.243 e. The third kappa shape index (κ3) is 2.43. The Kier molecular flexibility index (Phi) is 3.36. The van der Waals surface area contributed by atoms with E-state index in [1.807, 2.05) is 30.3 Å². The number of para-hydroxylation sites is 1. The highest BCUT2D eigenvalue weighted by molar-refractivity contribution is 5.88. The van der Waals surface area contributed by atoms with Crippen LogP contribution < -0.4 is 11.1 Å². The molecule has 0 heterocycles. The maximum absolute atomic E-state index is 11.7. The lowest BCUT2D eigenvalue weighted by molar-refractivity contribution is -0.122. The van der Waals surface area contributed by atoms with Crippen molar-refractivity contribution in [3.63, 3.8) is 0 Å². The van der Waals surface area contributed by atoms with Gasteiger partial charge in [0.2, 0.25) is 5.91 Å².